The molecule has 1 aliphatic rings. The highest BCUT2D eigenvalue weighted by molar-refractivity contribution is 6.35. The van der Waals surface area contributed by atoms with E-state index < -0.39 is 33.1 Å². The fourth-order valence-electron chi connectivity index (χ4n) is 4.63. The van der Waals surface area contributed by atoms with Crippen LogP contribution in [0.4, 0.5) is 0 Å². The van der Waals surface area contributed by atoms with Crippen LogP contribution in [0.5, 0.6) is 17.2 Å². The van der Waals surface area contributed by atoms with Gasteiger partial charge in [0.15, 0.2) is 11.5 Å². The van der Waals surface area contributed by atoms with E-state index in [0.717, 1.165) is 0 Å². The number of rotatable bonds is 9. The molecule has 1 saturated heterocycles. The highest BCUT2D eigenvalue weighted by Gasteiger charge is 2.67. The number of nitrogens with zero attached hydrogens (tertiary/aromatic N) is 1. The van der Waals surface area contributed by atoms with E-state index in [0.29, 0.717) is 35.7 Å². The maximum absolute atomic E-state index is 13.7. The standard InChI is InChI=1S/C23H33NO7/c1-8-22(3,4)19(25)20(26)24(9-2)12-10-11-23(24,21(27)28)15-13-16(29-5)18(31-7)17(14-15)30-6/h13-14H,8-12H2,1-7H3/p+1/t23-,24?/m1/s1. The topological polar surface area (TPSA) is 99.1 Å². The van der Waals surface area contributed by atoms with Gasteiger partial charge < -0.3 is 19.3 Å². The minimum absolute atomic E-state index is 0.174. The van der Waals surface area contributed by atoms with Gasteiger partial charge in [-0.2, -0.15) is 0 Å². The van der Waals surface area contributed by atoms with Crippen molar-refractivity contribution >= 4 is 17.7 Å². The van der Waals surface area contributed by atoms with E-state index in [1.54, 1.807) is 32.9 Å². The van der Waals surface area contributed by atoms with E-state index in [9.17, 15) is 19.5 Å². The van der Waals surface area contributed by atoms with E-state index in [-0.39, 0.29) is 19.5 Å². The summed E-state index contributed by atoms with van der Waals surface area (Å²) in [5, 5.41) is 10.5. The number of methoxy groups -OCH3 is 3. The summed E-state index contributed by atoms with van der Waals surface area (Å²) in [6.45, 7) is 7.48. The van der Waals surface area contributed by atoms with Crippen molar-refractivity contribution in [1.29, 1.82) is 0 Å². The van der Waals surface area contributed by atoms with Crippen molar-refractivity contribution in [3.05, 3.63) is 17.7 Å². The van der Waals surface area contributed by atoms with Crippen LogP contribution in [0.2, 0.25) is 0 Å². The highest BCUT2D eigenvalue weighted by atomic mass is 16.5. The van der Waals surface area contributed by atoms with Gasteiger partial charge in [0.25, 0.3) is 5.78 Å². The molecule has 1 unspecified atom stereocenters. The van der Waals surface area contributed by atoms with Crippen LogP contribution in [0, 0.1) is 5.41 Å². The fraction of sp³-hybridized carbons (Fsp3) is 0.609. The van der Waals surface area contributed by atoms with Crippen LogP contribution >= 0.6 is 0 Å². The molecule has 0 bridgehead atoms. The van der Waals surface area contributed by atoms with Crippen molar-refractivity contribution in [2.45, 2.75) is 52.5 Å². The third-order valence-electron chi connectivity index (χ3n) is 6.93. The third-order valence-corrected chi connectivity index (χ3v) is 6.93. The quantitative estimate of drug-likeness (QED) is 0.469. The van der Waals surface area contributed by atoms with E-state index in [4.69, 9.17) is 14.2 Å². The Morgan fingerprint density at radius 2 is 1.61 bits per heavy atom. The smallest absolute Gasteiger partial charge is 0.383 e. The van der Waals surface area contributed by atoms with Crippen molar-refractivity contribution in [2.75, 3.05) is 34.4 Å². The Morgan fingerprint density at radius 3 is 2.00 bits per heavy atom. The average molecular weight is 437 g/mol. The summed E-state index contributed by atoms with van der Waals surface area (Å²) < 4.78 is 15.8. The van der Waals surface area contributed by atoms with Gasteiger partial charge in [0.1, 0.15) is 0 Å². The molecule has 0 aliphatic carbocycles. The highest BCUT2D eigenvalue weighted by Crippen LogP contribution is 2.50. The molecular formula is C23H34NO7+. The van der Waals surface area contributed by atoms with Gasteiger partial charge in [-0.25, -0.2) is 14.1 Å². The molecule has 2 rings (SSSR count). The molecule has 0 aromatic heterocycles. The SMILES string of the molecule is CCC(C)(C)C(=O)C(=O)[N+]1(CC)CCC[C@]1(C(=O)O)c1cc(OC)c(OC)c(OC)c1. The van der Waals surface area contributed by atoms with Crippen LogP contribution in [0.25, 0.3) is 0 Å². The molecular weight excluding hydrogens is 402 g/mol. The first kappa shape index (κ1) is 24.7. The number of likely N-dealkylation sites (N-methyl/N-ethyl adjacent to an activating group) is 1. The predicted octanol–water partition coefficient (Wildman–Crippen LogP) is 3.15. The largest absolute Gasteiger partial charge is 0.493 e. The maximum atomic E-state index is 13.7. The number of ether oxygens (including phenoxy) is 3. The number of carbonyl (C=O) groups excluding carboxylic acids is 2. The van der Waals surface area contributed by atoms with E-state index in [2.05, 4.69) is 0 Å². The molecule has 1 amide bonds. The lowest BCUT2D eigenvalue weighted by Gasteiger charge is -2.44. The number of ketones is 1. The molecule has 2 atom stereocenters. The normalized spacial score (nSPS) is 23.3. The number of hydrogen-bond acceptors (Lipinski definition) is 6. The molecule has 1 fully saturated rings. The molecule has 8 nitrogen and oxygen atoms in total. The Kier molecular flexibility index (Phi) is 7.05. The molecule has 1 heterocycles. The Morgan fingerprint density at radius 1 is 1.06 bits per heavy atom. The Bertz CT molecular complexity index is 854. The summed E-state index contributed by atoms with van der Waals surface area (Å²) in [6.07, 6.45) is 1.17. The number of benzene rings is 1. The van der Waals surface area contributed by atoms with E-state index in [1.807, 2.05) is 6.92 Å². The summed E-state index contributed by atoms with van der Waals surface area (Å²) in [5.74, 6) is -1.44. The van der Waals surface area contributed by atoms with Gasteiger partial charge in [0.05, 0.1) is 34.4 Å². The summed E-state index contributed by atoms with van der Waals surface area (Å²) in [5.41, 5.74) is -2.16. The molecule has 8 heteroatoms. The first-order valence-electron chi connectivity index (χ1n) is 10.5. The summed E-state index contributed by atoms with van der Waals surface area (Å²) in [4.78, 5) is 39.8. The lowest BCUT2D eigenvalue weighted by Crippen LogP contribution is -2.68. The van der Waals surface area contributed by atoms with Crippen LogP contribution in [0.15, 0.2) is 12.1 Å². The zero-order chi connectivity index (χ0) is 23.6. The van der Waals surface area contributed by atoms with Crippen molar-refractivity contribution in [3.63, 3.8) is 0 Å². The molecule has 0 radical (unpaired) electrons. The van der Waals surface area contributed by atoms with Crippen molar-refractivity contribution < 1.29 is 38.2 Å². The zero-order valence-electron chi connectivity index (χ0n) is 19.5. The van der Waals surface area contributed by atoms with Crippen LogP contribution in [0.3, 0.4) is 0 Å². The van der Waals surface area contributed by atoms with Crippen molar-refractivity contribution in [3.8, 4) is 17.2 Å². The number of aliphatic carboxylic acids is 1. The fourth-order valence-corrected chi connectivity index (χ4v) is 4.63. The zero-order valence-corrected chi connectivity index (χ0v) is 19.5. The van der Waals surface area contributed by atoms with Crippen LogP contribution in [0.1, 0.15) is 52.5 Å². The summed E-state index contributed by atoms with van der Waals surface area (Å²) in [7, 11) is 4.36. The van der Waals surface area contributed by atoms with Gasteiger partial charge in [-0.05, 0) is 25.5 Å². The molecule has 1 aromatic carbocycles. The summed E-state index contributed by atoms with van der Waals surface area (Å²) in [6, 6.07) is 3.15. The Hall–Kier alpha value is -2.61. The number of quaternary nitrogens is 1. The van der Waals surface area contributed by atoms with Crippen molar-refractivity contribution in [1.82, 2.24) is 0 Å². The lowest BCUT2D eigenvalue weighted by atomic mass is 9.80. The van der Waals surface area contributed by atoms with E-state index in [1.165, 1.54) is 21.3 Å². The molecule has 1 aliphatic heterocycles. The number of Topliss-reactive ketones (excluding diaryl/α,β-unsaturated/α-hetero) is 1. The van der Waals surface area contributed by atoms with Gasteiger partial charge in [-0.3, -0.25) is 4.79 Å². The number of amides is 1. The van der Waals surface area contributed by atoms with Gasteiger partial charge in [-0.15, -0.1) is 0 Å². The molecule has 0 spiro atoms. The number of hydrogen-bond donors (Lipinski definition) is 1. The first-order chi connectivity index (χ1) is 14.5. The second kappa shape index (κ2) is 8.86. The number of carbonyl (C=O) groups is 3. The van der Waals surface area contributed by atoms with Crippen LogP contribution < -0.4 is 14.2 Å². The van der Waals surface area contributed by atoms with Crippen LogP contribution in [-0.2, 0) is 19.9 Å². The molecule has 0 saturated carbocycles. The van der Waals surface area contributed by atoms with Gasteiger partial charge >= 0.3 is 11.9 Å². The Balaban J connectivity index is 2.84. The van der Waals surface area contributed by atoms with E-state index >= 15 is 0 Å². The minimum atomic E-state index is -1.64. The maximum Gasteiger partial charge on any atom is 0.383 e. The second-order valence-electron chi connectivity index (χ2n) is 8.56. The van der Waals surface area contributed by atoms with Crippen LogP contribution in [-0.4, -0.2) is 61.7 Å². The monoisotopic (exact) mass is 436 g/mol. The molecule has 1 N–H and O–H groups in total. The minimum Gasteiger partial charge on any atom is -0.493 e. The number of carboxylic acid groups (broad SMARTS) is 1. The average Bonchev–Trinajstić information content (AvgIpc) is 3.18. The number of likely N-dealkylation sites (tertiary alicyclic amines) is 1. The van der Waals surface area contributed by atoms with Gasteiger partial charge in [0.2, 0.25) is 11.3 Å². The van der Waals surface area contributed by atoms with Crippen molar-refractivity contribution in [2.24, 2.45) is 5.41 Å². The predicted molar refractivity (Wildman–Crippen MR) is 114 cm³/mol. The molecule has 172 valence electrons. The first-order valence-corrected chi connectivity index (χ1v) is 10.5. The third kappa shape index (κ3) is 3.56. The second-order valence-corrected chi connectivity index (χ2v) is 8.56. The van der Waals surface area contributed by atoms with Gasteiger partial charge in [-0.1, -0.05) is 20.8 Å². The lowest BCUT2D eigenvalue weighted by molar-refractivity contribution is -0.886. The number of carboxylic acids is 1. The summed E-state index contributed by atoms with van der Waals surface area (Å²) >= 11 is 0. The molecule has 31 heavy (non-hydrogen) atoms. The Labute approximate surface area is 183 Å². The van der Waals surface area contributed by atoms with Gasteiger partial charge in [0, 0.05) is 23.8 Å². The molecule has 1 aromatic rings.